The first-order valence-electron chi connectivity index (χ1n) is 7.85. The molecule has 0 spiro atoms. The third kappa shape index (κ3) is 4.99. The summed E-state index contributed by atoms with van der Waals surface area (Å²) in [6.07, 6.45) is 1.99. The molecule has 0 atom stereocenters. The number of ether oxygens (including phenoxy) is 3. The molecular weight excluding hydrogens is 344 g/mol. The van der Waals surface area contributed by atoms with Gasteiger partial charge in [0.15, 0.2) is 0 Å². The molecular formula is C17H22N2O5S. The summed E-state index contributed by atoms with van der Waals surface area (Å²) in [5.41, 5.74) is 0.228. The van der Waals surface area contributed by atoms with Crippen LogP contribution in [0.15, 0.2) is 41.3 Å². The second-order valence-electron chi connectivity index (χ2n) is 5.19. The number of nitrogens with one attached hydrogen (secondary N) is 1. The quantitative estimate of drug-likeness (QED) is 0.686. The number of unbranched alkanes of at least 4 members (excludes halogenated alkanes) is 1. The number of aromatic nitrogens is 1. The fraction of sp³-hybridized carbons (Fsp3) is 0.353. The molecule has 0 aliphatic heterocycles. The molecule has 0 fully saturated rings. The highest BCUT2D eigenvalue weighted by atomic mass is 32.2. The zero-order valence-electron chi connectivity index (χ0n) is 14.5. The Hall–Kier alpha value is -2.48. The number of methoxy groups -OCH3 is 2. The van der Waals surface area contributed by atoms with Crippen LogP contribution >= 0.6 is 0 Å². The van der Waals surface area contributed by atoms with E-state index in [9.17, 15) is 8.42 Å². The summed E-state index contributed by atoms with van der Waals surface area (Å²) >= 11 is 0. The highest BCUT2D eigenvalue weighted by Crippen LogP contribution is 2.27. The summed E-state index contributed by atoms with van der Waals surface area (Å²) < 4.78 is 43.2. The van der Waals surface area contributed by atoms with Crippen LogP contribution in [0.25, 0.3) is 0 Å². The molecule has 2 rings (SSSR count). The van der Waals surface area contributed by atoms with Crippen molar-refractivity contribution in [1.29, 1.82) is 0 Å². The summed E-state index contributed by atoms with van der Waals surface area (Å²) in [6.45, 7) is 2.68. The molecule has 8 heteroatoms. The van der Waals surface area contributed by atoms with Crippen LogP contribution in [0.1, 0.15) is 19.8 Å². The van der Waals surface area contributed by atoms with Crippen LogP contribution in [0.3, 0.4) is 0 Å². The van der Waals surface area contributed by atoms with Crippen LogP contribution in [0, 0.1) is 0 Å². The van der Waals surface area contributed by atoms with Crippen molar-refractivity contribution in [2.45, 2.75) is 24.7 Å². The Labute approximate surface area is 148 Å². The predicted molar refractivity (Wildman–Crippen MR) is 95.0 cm³/mol. The van der Waals surface area contributed by atoms with Gasteiger partial charge in [0.2, 0.25) is 11.8 Å². The van der Waals surface area contributed by atoms with Gasteiger partial charge in [0.25, 0.3) is 10.0 Å². The molecule has 25 heavy (non-hydrogen) atoms. The highest BCUT2D eigenvalue weighted by Gasteiger charge is 2.18. The summed E-state index contributed by atoms with van der Waals surface area (Å²) in [5.74, 6) is 1.09. The Balaban J connectivity index is 2.16. The molecule has 0 unspecified atom stereocenters. The lowest BCUT2D eigenvalue weighted by molar-refractivity contribution is 0.309. The molecule has 0 aliphatic carbocycles. The number of sulfonamides is 1. The first kappa shape index (κ1) is 18.9. The van der Waals surface area contributed by atoms with Gasteiger partial charge in [0.05, 0.1) is 25.7 Å². The maximum atomic E-state index is 12.5. The number of anilines is 1. The van der Waals surface area contributed by atoms with Gasteiger partial charge in [-0.25, -0.2) is 8.42 Å². The van der Waals surface area contributed by atoms with Crippen molar-refractivity contribution in [1.82, 2.24) is 4.98 Å². The van der Waals surface area contributed by atoms with Crippen LogP contribution in [0.5, 0.6) is 17.5 Å². The topological polar surface area (TPSA) is 86.8 Å². The summed E-state index contributed by atoms with van der Waals surface area (Å²) in [7, 11) is -0.901. The smallest absolute Gasteiger partial charge is 0.262 e. The maximum Gasteiger partial charge on any atom is 0.262 e. The standard InChI is InChI=1S/C17H22N2O5S/c1-4-5-12-24-13-6-8-14(9-7-13)25(20,21)19-15-10-11-16(22-2)18-17(15)23-3/h6-11,19H,4-5,12H2,1-3H3. The van der Waals surface area contributed by atoms with Gasteiger partial charge in [0, 0.05) is 6.07 Å². The minimum atomic E-state index is -3.77. The van der Waals surface area contributed by atoms with Gasteiger partial charge in [-0.05, 0) is 36.8 Å². The van der Waals surface area contributed by atoms with Gasteiger partial charge < -0.3 is 14.2 Å². The molecule has 0 bridgehead atoms. The average molecular weight is 366 g/mol. The molecule has 0 aliphatic rings. The van der Waals surface area contributed by atoms with Crippen molar-refractivity contribution in [2.75, 3.05) is 25.5 Å². The monoisotopic (exact) mass is 366 g/mol. The van der Waals surface area contributed by atoms with Crippen LogP contribution in [0.4, 0.5) is 5.69 Å². The van der Waals surface area contributed by atoms with E-state index in [1.165, 1.54) is 32.4 Å². The highest BCUT2D eigenvalue weighted by molar-refractivity contribution is 7.92. The lowest BCUT2D eigenvalue weighted by Gasteiger charge is -2.12. The third-order valence-corrected chi connectivity index (χ3v) is 4.76. The number of hydrogen-bond acceptors (Lipinski definition) is 6. The van der Waals surface area contributed by atoms with E-state index in [-0.39, 0.29) is 16.5 Å². The lowest BCUT2D eigenvalue weighted by Crippen LogP contribution is -2.14. The predicted octanol–water partition coefficient (Wildman–Crippen LogP) is 3.08. The van der Waals surface area contributed by atoms with E-state index < -0.39 is 10.0 Å². The van der Waals surface area contributed by atoms with E-state index in [2.05, 4.69) is 16.6 Å². The zero-order valence-corrected chi connectivity index (χ0v) is 15.3. The molecule has 1 aromatic heterocycles. The Morgan fingerprint density at radius 2 is 1.76 bits per heavy atom. The van der Waals surface area contributed by atoms with Gasteiger partial charge in [-0.15, -0.1) is 0 Å². The van der Waals surface area contributed by atoms with Crippen molar-refractivity contribution < 1.29 is 22.6 Å². The van der Waals surface area contributed by atoms with Crippen molar-refractivity contribution >= 4 is 15.7 Å². The van der Waals surface area contributed by atoms with Crippen molar-refractivity contribution in [3.63, 3.8) is 0 Å². The Morgan fingerprint density at radius 1 is 1.04 bits per heavy atom. The Morgan fingerprint density at radius 3 is 2.36 bits per heavy atom. The Bertz CT molecular complexity index is 791. The molecule has 2 aromatic rings. The fourth-order valence-corrected chi connectivity index (χ4v) is 3.08. The number of rotatable bonds is 9. The second-order valence-corrected chi connectivity index (χ2v) is 6.87. The van der Waals surface area contributed by atoms with Gasteiger partial charge >= 0.3 is 0 Å². The maximum absolute atomic E-state index is 12.5. The van der Waals surface area contributed by atoms with Gasteiger partial charge in [-0.1, -0.05) is 13.3 Å². The molecule has 1 heterocycles. The lowest BCUT2D eigenvalue weighted by atomic mass is 10.3. The largest absolute Gasteiger partial charge is 0.494 e. The van der Waals surface area contributed by atoms with Crippen molar-refractivity contribution in [2.24, 2.45) is 0 Å². The average Bonchev–Trinajstić information content (AvgIpc) is 2.62. The van der Waals surface area contributed by atoms with Crippen LogP contribution in [-0.2, 0) is 10.0 Å². The first-order chi connectivity index (χ1) is 12.0. The number of pyridine rings is 1. The normalized spacial score (nSPS) is 11.0. The molecule has 0 saturated carbocycles. The fourth-order valence-electron chi connectivity index (χ4n) is 2.02. The van der Waals surface area contributed by atoms with Gasteiger partial charge in [0.1, 0.15) is 11.4 Å². The zero-order chi connectivity index (χ0) is 18.3. The third-order valence-electron chi connectivity index (χ3n) is 3.38. The Kier molecular flexibility index (Phi) is 6.46. The molecule has 136 valence electrons. The minimum absolute atomic E-state index is 0.119. The number of hydrogen-bond donors (Lipinski definition) is 1. The van der Waals surface area contributed by atoms with E-state index in [1.807, 2.05) is 0 Å². The van der Waals surface area contributed by atoms with Gasteiger partial charge in [-0.3, -0.25) is 4.72 Å². The molecule has 0 amide bonds. The molecule has 7 nitrogen and oxygen atoms in total. The van der Waals surface area contributed by atoms with E-state index in [1.54, 1.807) is 18.2 Å². The number of nitrogens with zero attached hydrogens (tertiary/aromatic N) is 1. The second kappa shape index (κ2) is 8.57. The van der Waals surface area contributed by atoms with Crippen LogP contribution in [0.2, 0.25) is 0 Å². The summed E-state index contributed by atoms with van der Waals surface area (Å²) in [4.78, 5) is 4.17. The molecule has 0 saturated heterocycles. The van der Waals surface area contributed by atoms with E-state index in [0.717, 1.165) is 12.8 Å². The first-order valence-corrected chi connectivity index (χ1v) is 9.33. The van der Waals surface area contributed by atoms with Crippen molar-refractivity contribution in [3.8, 4) is 17.5 Å². The van der Waals surface area contributed by atoms with E-state index >= 15 is 0 Å². The van der Waals surface area contributed by atoms with Crippen LogP contribution < -0.4 is 18.9 Å². The summed E-state index contributed by atoms with van der Waals surface area (Å²) in [5, 5.41) is 0. The molecule has 0 radical (unpaired) electrons. The summed E-state index contributed by atoms with van der Waals surface area (Å²) in [6, 6.07) is 9.33. The van der Waals surface area contributed by atoms with Crippen LogP contribution in [-0.4, -0.2) is 34.2 Å². The van der Waals surface area contributed by atoms with E-state index in [4.69, 9.17) is 14.2 Å². The number of benzene rings is 1. The SMILES string of the molecule is CCCCOc1ccc(S(=O)(=O)Nc2ccc(OC)nc2OC)cc1. The van der Waals surface area contributed by atoms with Gasteiger partial charge in [-0.2, -0.15) is 4.98 Å². The molecule has 1 N–H and O–H groups in total. The minimum Gasteiger partial charge on any atom is -0.494 e. The van der Waals surface area contributed by atoms with Crippen molar-refractivity contribution in [3.05, 3.63) is 36.4 Å². The molecule has 1 aromatic carbocycles. The van der Waals surface area contributed by atoms with E-state index in [0.29, 0.717) is 18.2 Å².